The molecular formula is C15H24FN3O2. The van der Waals surface area contributed by atoms with Crippen molar-refractivity contribution in [2.75, 3.05) is 24.1 Å². The van der Waals surface area contributed by atoms with Crippen molar-refractivity contribution < 1.29 is 13.9 Å². The smallest absolute Gasteiger partial charge is 0.407 e. The molecular weight excluding hydrogens is 273 g/mol. The number of carbonyl (C=O) groups is 1. The lowest BCUT2D eigenvalue weighted by Crippen LogP contribution is -2.33. The number of nitrogens with one attached hydrogen (secondary N) is 2. The minimum atomic E-state index is -0.498. The largest absolute Gasteiger partial charge is 0.444 e. The highest BCUT2D eigenvalue weighted by Gasteiger charge is 2.15. The topological polar surface area (TPSA) is 76.4 Å². The highest BCUT2D eigenvalue weighted by atomic mass is 19.1. The van der Waals surface area contributed by atoms with Gasteiger partial charge in [0.2, 0.25) is 0 Å². The Labute approximate surface area is 125 Å². The number of ether oxygens (including phenoxy) is 1. The third kappa shape index (κ3) is 6.33. The van der Waals surface area contributed by atoms with E-state index in [9.17, 15) is 9.18 Å². The van der Waals surface area contributed by atoms with Crippen LogP contribution in [0.5, 0.6) is 0 Å². The first kappa shape index (κ1) is 17.1. The molecule has 0 spiro atoms. The van der Waals surface area contributed by atoms with Gasteiger partial charge in [0.05, 0.1) is 11.4 Å². The first-order chi connectivity index (χ1) is 9.69. The molecule has 1 rings (SSSR count). The standard InChI is InChI=1S/C15H24FN3O2/c1-10-8-13(12(17)9-11(10)16)18-6-5-7-19-14(20)21-15(2,3)4/h8-9,18H,5-7,17H2,1-4H3,(H,19,20). The molecule has 6 heteroatoms. The molecule has 0 fully saturated rings. The number of hydrogen-bond donors (Lipinski definition) is 3. The Morgan fingerprint density at radius 2 is 2.00 bits per heavy atom. The summed E-state index contributed by atoms with van der Waals surface area (Å²) in [5.41, 5.74) is 6.85. The summed E-state index contributed by atoms with van der Waals surface area (Å²) in [4.78, 5) is 11.4. The molecule has 4 N–H and O–H groups in total. The summed E-state index contributed by atoms with van der Waals surface area (Å²) in [6.07, 6.45) is 0.273. The Balaban J connectivity index is 2.29. The molecule has 0 aliphatic heterocycles. The summed E-state index contributed by atoms with van der Waals surface area (Å²) in [5, 5.41) is 5.79. The lowest BCUT2D eigenvalue weighted by molar-refractivity contribution is 0.0528. The van der Waals surface area contributed by atoms with Gasteiger partial charge in [-0.15, -0.1) is 0 Å². The second-order valence-electron chi connectivity index (χ2n) is 5.90. The number of halogens is 1. The number of nitrogen functional groups attached to an aromatic ring is 1. The molecule has 118 valence electrons. The lowest BCUT2D eigenvalue weighted by Gasteiger charge is -2.19. The fourth-order valence-corrected chi connectivity index (χ4v) is 1.67. The van der Waals surface area contributed by atoms with Crippen molar-refractivity contribution in [1.82, 2.24) is 5.32 Å². The number of anilines is 2. The Morgan fingerprint density at radius 1 is 1.33 bits per heavy atom. The Hall–Kier alpha value is -1.98. The maximum Gasteiger partial charge on any atom is 0.407 e. The zero-order valence-corrected chi connectivity index (χ0v) is 13.0. The molecule has 0 atom stereocenters. The van der Waals surface area contributed by atoms with Crippen molar-refractivity contribution in [3.63, 3.8) is 0 Å². The number of carbonyl (C=O) groups excluding carboxylic acids is 1. The van der Waals surface area contributed by atoms with Gasteiger partial charge in [0.25, 0.3) is 0 Å². The molecule has 0 aliphatic carbocycles. The van der Waals surface area contributed by atoms with Gasteiger partial charge in [-0.1, -0.05) is 0 Å². The van der Waals surface area contributed by atoms with Crippen LogP contribution in [0.3, 0.4) is 0 Å². The number of aryl methyl sites for hydroxylation is 1. The number of rotatable bonds is 5. The molecule has 1 amide bonds. The average Bonchev–Trinajstić information content (AvgIpc) is 2.32. The van der Waals surface area contributed by atoms with Gasteiger partial charge in [-0.2, -0.15) is 0 Å². The second kappa shape index (κ2) is 7.15. The van der Waals surface area contributed by atoms with Crippen LogP contribution in [-0.2, 0) is 4.74 Å². The first-order valence-corrected chi connectivity index (χ1v) is 6.95. The van der Waals surface area contributed by atoms with Crippen LogP contribution in [0.15, 0.2) is 12.1 Å². The van der Waals surface area contributed by atoms with Gasteiger partial charge in [-0.3, -0.25) is 0 Å². The van der Waals surface area contributed by atoms with E-state index < -0.39 is 11.7 Å². The average molecular weight is 297 g/mol. The molecule has 1 aromatic rings. The van der Waals surface area contributed by atoms with Gasteiger partial charge in [0.1, 0.15) is 11.4 Å². The van der Waals surface area contributed by atoms with Gasteiger partial charge in [-0.05, 0) is 51.8 Å². The molecule has 0 saturated carbocycles. The van der Waals surface area contributed by atoms with E-state index in [-0.39, 0.29) is 5.82 Å². The second-order valence-corrected chi connectivity index (χ2v) is 5.90. The third-order valence-electron chi connectivity index (χ3n) is 2.67. The molecule has 0 aliphatic rings. The van der Waals surface area contributed by atoms with E-state index in [1.165, 1.54) is 6.07 Å². The Kier molecular flexibility index (Phi) is 5.81. The molecule has 5 nitrogen and oxygen atoms in total. The molecule has 1 aromatic carbocycles. The van der Waals surface area contributed by atoms with E-state index in [1.54, 1.807) is 13.0 Å². The van der Waals surface area contributed by atoms with Gasteiger partial charge in [0, 0.05) is 13.1 Å². The Bertz CT molecular complexity index is 498. The number of benzene rings is 1. The van der Waals surface area contributed by atoms with Crippen molar-refractivity contribution in [3.05, 3.63) is 23.5 Å². The van der Waals surface area contributed by atoms with Crippen LogP contribution < -0.4 is 16.4 Å². The van der Waals surface area contributed by atoms with E-state index in [4.69, 9.17) is 10.5 Å². The van der Waals surface area contributed by atoms with Crippen molar-refractivity contribution in [2.45, 2.75) is 39.7 Å². The number of amides is 1. The number of nitrogens with two attached hydrogens (primary N) is 1. The van der Waals surface area contributed by atoms with Crippen LogP contribution >= 0.6 is 0 Å². The van der Waals surface area contributed by atoms with Crippen molar-refractivity contribution in [2.24, 2.45) is 0 Å². The van der Waals surface area contributed by atoms with E-state index in [0.29, 0.717) is 36.4 Å². The summed E-state index contributed by atoms with van der Waals surface area (Å²) in [7, 11) is 0. The van der Waals surface area contributed by atoms with Crippen molar-refractivity contribution in [3.8, 4) is 0 Å². The quantitative estimate of drug-likeness (QED) is 0.577. The molecule has 0 unspecified atom stereocenters. The maximum absolute atomic E-state index is 13.3. The van der Waals surface area contributed by atoms with Gasteiger partial charge in [-0.25, -0.2) is 9.18 Å². The summed E-state index contributed by atoms with van der Waals surface area (Å²) in [6, 6.07) is 2.97. The number of alkyl carbamates (subject to hydrolysis) is 1. The molecule has 0 aromatic heterocycles. The first-order valence-electron chi connectivity index (χ1n) is 6.95. The molecule has 21 heavy (non-hydrogen) atoms. The highest BCUT2D eigenvalue weighted by molar-refractivity contribution is 5.68. The van der Waals surface area contributed by atoms with Gasteiger partial charge in [0.15, 0.2) is 0 Å². The third-order valence-corrected chi connectivity index (χ3v) is 2.67. The van der Waals surface area contributed by atoms with Crippen molar-refractivity contribution in [1.29, 1.82) is 0 Å². The summed E-state index contributed by atoms with van der Waals surface area (Å²) >= 11 is 0. The minimum Gasteiger partial charge on any atom is -0.444 e. The van der Waals surface area contributed by atoms with E-state index in [2.05, 4.69) is 10.6 Å². The fraction of sp³-hybridized carbons (Fsp3) is 0.533. The molecule has 0 heterocycles. The summed E-state index contributed by atoms with van der Waals surface area (Å²) in [6.45, 7) is 8.23. The predicted octanol–water partition coefficient (Wildman–Crippen LogP) is 3.04. The summed E-state index contributed by atoms with van der Waals surface area (Å²) in [5.74, 6) is -0.315. The highest BCUT2D eigenvalue weighted by Crippen LogP contribution is 2.22. The van der Waals surface area contributed by atoms with Crippen LogP contribution in [0.25, 0.3) is 0 Å². The van der Waals surface area contributed by atoms with Crippen molar-refractivity contribution >= 4 is 17.5 Å². The van der Waals surface area contributed by atoms with Crippen LogP contribution in [-0.4, -0.2) is 24.8 Å². The van der Waals surface area contributed by atoms with Crippen LogP contribution in [0.4, 0.5) is 20.6 Å². The molecule has 0 bridgehead atoms. The predicted molar refractivity (Wildman–Crippen MR) is 82.9 cm³/mol. The van der Waals surface area contributed by atoms with E-state index in [1.807, 2.05) is 20.8 Å². The van der Waals surface area contributed by atoms with E-state index >= 15 is 0 Å². The van der Waals surface area contributed by atoms with Crippen LogP contribution in [0.1, 0.15) is 32.8 Å². The van der Waals surface area contributed by atoms with E-state index in [0.717, 1.165) is 0 Å². The molecule has 0 saturated heterocycles. The fourth-order valence-electron chi connectivity index (χ4n) is 1.67. The molecule has 0 radical (unpaired) electrons. The monoisotopic (exact) mass is 297 g/mol. The zero-order valence-electron chi connectivity index (χ0n) is 13.0. The normalized spacial score (nSPS) is 11.1. The minimum absolute atomic E-state index is 0.315. The maximum atomic E-state index is 13.3. The van der Waals surface area contributed by atoms with Crippen LogP contribution in [0, 0.1) is 12.7 Å². The zero-order chi connectivity index (χ0) is 16.0. The van der Waals surface area contributed by atoms with Crippen LogP contribution in [0.2, 0.25) is 0 Å². The van der Waals surface area contributed by atoms with Gasteiger partial charge >= 0.3 is 6.09 Å². The Morgan fingerprint density at radius 3 is 2.62 bits per heavy atom. The lowest BCUT2D eigenvalue weighted by atomic mass is 10.2. The SMILES string of the molecule is Cc1cc(NCCCNC(=O)OC(C)(C)C)c(N)cc1F. The van der Waals surface area contributed by atoms with Gasteiger partial charge < -0.3 is 21.1 Å². The summed E-state index contributed by atoms with van der Waals surface area (Å²) < 4.78 is 18.4. The number of hydrogen-bond acceptors (Lipinski definition) is 4.